The van der Waals surface area contributed by atoms with Gasteiger partial charge in [0.05, 0.1) is 0 Å². The average Bonchev–Trinajstić information content (AvgIpc) is 3.30. The van der Waals surface area contributed by atoms with Gasteiger partial charge in [0.1, 0.15) is 12.1 Å². The number of hydrogen-bond donors (Lipinski definition) is 1. The fourth-order valence-corrected chi connectivity index (χ4v) is 2.30. The summed E-state index contributed by atoms with van der Waals surface area (Å²) in [6, 6.07) is 9.34. The predicted octanol–water partition coefficient (Wildman–Crippen LogP) is 3.04. The molecule has 0 spiro atoms. The van der Waals surface area contributed by atoms with Gasteiger partial charge in [0.2, 0.25) is 0 Å². The molecule has 1 aromatic carbocycles. The Morgan fingerprint density at radius 3 is 2.43 bits per heavy atom. The predicted molar refractivity (Wildman–Crippen MR) is 77.8 cm³/mol. The maximum Gasteiger partial charge on any atom is 0.411 e. The van der Waals surface area contributed by atoms with Crippen LogP contribution in [-0.2, 0) is 16.1 Å². The first-order valence-electron chi connectivity index (χ1n) is 7.22. The Bertz CT molecular complexity index is 512. The van der Waals surface area contributed by atoms with E-state index in [1.54, 1.807) is 13.8 Å². The molecule has 1 amide bonds. The minimum atomic E-state index is -1.21. The summed E-state index contributed by atoms with van der Waals surface area (Å²) in [5.74, 6) is -0.992. The van der Waals surface area contributed by atoms with Crippen molar-refractivity contribution in [2.75, 3.05) is 0 Å². The van der Waals surface area contributed by atoms with Crippen molar-refractivity contribution in [2.45, 2.75) is 51.3 Å². The number of hydrogen-bond acceptors (Lipinski definition) is 3. The average molecular weight is 291 g/mol. The lowest BCUT2D eigenvalue weighted by molar-refractivity contribution is -0.150. The molecule has 5 heteroatoms. The van der Waals surface area contributed by atoms with Gasteiger partial charge < -0.3 is 9.84 Å². The number of carbonyl (C=O) groups is 2. The molecule has 0 radical (unpaired) electrons. The van der Waals surface area contributed by atoms with Crippen molar-refractivity contribution in [1.82, 2.24) is 4.90 Å². The number of rotatable bonds is 6. The second-order valence-electron chi connectivity index (χ2n) is 5.57. The highest BCUT2D eigenvalue weighted by atomic mass is 16.6. The highest BCUT2D eigenvalue weighted by Gasteiger charge is 2.48. The molecule has 0 aromatic heterocycles. The molecular weight excluding hydrogens is 270 g/mol. The molecular formula is C16H21NO4. The second-order valence-corrected chi connectivity index (χ2v) is 5.57. The van der Waals surface area contributed by atoms with E-state index in [0.717, 1.165) is 18.4 Å². The van der Waals surface area contributed by atoms with Crippen LogP contribution in [0.5, 0.6) is 0 Å². The number of nitrogens with zero attached hydrogens (tertiary/aromatic N) is 1. The molecule has 1 saturated carbocycles. The van der Waals surface area contributed by atoms with Gasteiger partial charge >= 0.3 is 12.1 Å². The quantitative estimate of drug-likeness (QED) is 0.874. The standard InChI is InChI=1S/C16H21NO4/c1-3-16(2,14(18)19)17(13-9-10-13)15(20)21-11-12-7-5-4-6-8-12/h4-8,13H,3,9-11H2,1-2H3,(H,18,19). The molecule has 1 fully saturated rings. The zero-order valence-corrected chi connectivity index (χ0v) is 12.4. The zero-order chi connectivity index (χ0) is 15.5. The number of benzene rings is 1. The molecule has 0 bridgehead atoms. The van der Waals surface area contributed by atoms with Gasteiger partial charge in [0, 0.05) is 6.04 Å². The van der Waals surface area contributed by atoms with Crippen molar-refractivity contribution in [3.63, 3.8) is 0 Å². The first-order valence-corrected chi connectivity index (χ1v) is 7.22. The van der Waals surface area contributed by atoms with Gasteiger partial charge in [-0.2, -0.15) is 0 Å². The molecule has 2 rings (SSSR count). The number of carbonyl (C=O) groups excluding carboxylic acids is 1. The van der Waals surface area contributed by atoms with Gasteiger partial charge in [-0.3, -0.25) is 4.90 Å². The van der Waals surface area contributed by atoms with Gasteiger partial charge in [0.15, 0.2) is 0 Å². The molecule has 1 aliphatic rings. The fraction of sp³-hybridized carbons (Fsp3) is 0.500. The molecule has 0 saturated heterocycles. The lowest BCUT2D eigenvalue weighted by Crippen LogP contribution is -2.56. The Hall–Kier alpha value is -2.04. The Kier molecular flexibility index (Phi) is 4.50. The van der Waals surface area contributed by atoms with E-state index in [1.165, 1.54) is 4.90 Å². The first-order chi connectivity index (χ1) is 9.99. The van der Waals surface area contributed by atoms with Crippen molar-refractivity contribution in [3.8, 4) is 0 Å². The van der Waals surface area contributed by atoms with Crippen molar-refractivity contribution in [3.05, 3.63) is 35.9 Å². The number of carboxylic acid groups (broad SMARTS) is 1. The smallest absolute Gasteiger partial charge is 0.411 e. The lowest BCUT2D eigenvalue weighted by Gasteiger charge is -2.36. The van der Waals surface area contributed by atoms with Crippen molar-refractivity contribution in [2.24, 2.45) is 0 Å². The largest absolute Gasteiger partial charge is 0.480 e. The number of carboxylic acids is 1. The summed E-state index contributed by atoms with van der Waals surface area (Å²) >= 11 is 0. The number of aliphatic carboxylic acids is 1. The van der Waals surface area contributed by atoms with E-state index in [0.29, 0.717) is 6.42 Å². The Labute approximate surface area is 124 Å². The minimum Gasteiger partial charge on any atom is -0.480 e. The summed E-state index contributed by atoms with van der Waals surface area (Å²) in [7, 11) is 0. The Morgan fingerprint density at radius 2 is 1.95 bits per heavy atom. The molecule has 1 atom stereocenters. The lowest BCUT2D eigenvalue weighted by atomic mass is 9.96. The van der Waals surface area contributed by atoms with Crippen LogP contribution in [0.3, 0.4) is 0 Å². The third-order valence-corrected chi connectivity index (χ3v) is 3.99. The van der Waals surface area contributed by atoms with Crippen LogP contribution in [-0.4, -0.2) is 33.6 Å². The molecule has 1 aliphatic carbocycles. The monoisotopic (exact) mass is 291 g/mol. The van der Waals surface area contributed by atoms with Crippen molar-refractivity contribution in [1.29, 1.82) is 0 Å². The maximum atomic E-state index is 12.3. The Morgan fingerprint density at radius 1 is 1.33 bits per heavy atom. The van der Waals surface area contributed by atoms with Crippen LogP contribution < -0.4 is 0 Å². The summed E-state index contributed by atoms with van der Waals surface area (Å²) in [5.41, 5.74) is -0.329. The molecule has 1 unspecified atom stereocenters. The summed E-state index contributed by atoms with van der Waals surface area (Å²) in [6.45, 7) is 3.51. The van der Waals surface area contributed by atoms with Crippen molar-refractivity contribution >= 4 is 12.1 Å². The second kappa shape index (κ2) is 6.16. The molecule has 21 heavy (non-hydrogen) atoms. The Balaban J connectivity index is 2.08. The van der Waals surface area contributed by atoms with Crippen LogP contribution in [0.2, 0.25) is 0 Å². The first kappa shape index (κ1) is 15.4. The summed E-state index contributed by atoms with van der Waals surface area (Å²) in [5, 5.41) is 9.46. The van der Waals surface area contributed by atoms with E-state index in [-0.39, 0.29) is 12.6 Å². The third-order valence-electron chi connectivity index (χ3n) is 3.99. The molecule has 1 aromatic rings. The van der Waals surface area contributed by atoms with Gasteiger partial charge in [-0.25, -0.2) is 9.59 Å². The summed E-state index contributed by atoms with van der Waals surface area (Å²) < 4.78 is 5.31. The van der Waals surface area contributed by atoms with Gasteiger partial charge in [-0.1, -0.05) is 37.3 Å². The minimum absolute atomic E-state index is 0.0191. The molecule has 1 N–H and O–H groups in total. The van der Waals surface area contributed by atoms with E-state index in [9.17, 15) is 14.7 Å². The molecule has 0 heterocycles. The van der Waals surface area contributed by atoms with Crippen LogP contribution in [0.25, 0.3) is 0 Å². The van der Waals surface area contributed by atoms with E-state index in [4.69, 9.17) is 4.74 Å². The summed E-state index contributed by atoms with van der Waals surface area (Å²) in [6.07, 6.45) is 1.47. The highest BCUT2D eigenvalue weighted by Crippen LogP contribution is 2.35. The summed E-state index contributed by atoms with van der Waals surface area (Å²) in [4.78, 5) is 25.3. The van der Waals surface area contributed by atoms with Gasteiger partial charge in [-0.05, 0) is 31.7 Å². The molecule has 0 aliphatic heterocycles. The topological polar surface area (TPSA) is 66.8 Å². The molecule has 5 nitrogen and oxygen atoms in total. The zero-order valence-electron chi connectivity index (χ0n) is 12.4. The molecule has 114 valence electrons. The number of amides is 1. The maximum absolute atomic E-state index is 12.3. The van der Waals surface area contributed by atoms with Crippen LogP contribution in [0.4, 0.5) is 4.79 Å². The van der Waals surface area contributed by atoms with Crippen LogP contribution in [0, 0.1) is 0 Å². The number of ether oxygens (including phenoxy) is 1. The normalized spacial score (nSPS) is 16.9. The van der Waals surface area contributed by atoms with E-state index < -0.39 is 17.6 Å². The van der Waals surface area contributed by atoms with Crippen LogP contribution in [0.15, 0.2) is 30.3 Å². The third kappa shape index (κ3) is 3.35. The van der Waals surface area contributed by atoms with Crippen LogP contribution in [0.1, 0.15) is 38.7 Å². The fourth-order valence-electron chi connectivity index (χ4n) is 2.30. The van der Waals surface area contributed by atoms with Crippen LogP contribution >= 0.6 is 0 Å². The SMILES string of the molecule is CCC(C)(C(=O)O)N(C(=O)OCc1ccccc1)C1CC1. The van der Waals surface area contributed by atoms with E-state index in [1.807, 2.05) is 30.3 Å². The van der Waals surface area contributed by atoms with Gasteiger partial charge in [-0.15, -0.1) is 0 Å². The van der Waals surface area contributed by atoms with Gasteiger partial charge in [0.25, 0.3) is 0 Å². The van der Waals surface area contributed by atoms with E-state index in [2.05, 4.69) is 0 Å². The van der Waals surface area contributed by atoms with Crippen molar-refractivity contribution < 1.29 is 19.4 Å². The highest BCUT2D eigenvalue weighted by molar-refractivity contribution is 5.84. The van der Waals surface area contributed by atoms with E-state index >= 15 is 0 Å².